The van der Waals surface area contributed by atoms with E-state index in [9.17, 15) is 28.8 Å². The summed E-state index contributed by atoms with van der Waals surface area (Å²) in [5.41, 5.74) is 0.748. The average molecular weight is 742 g/mol. The maximum atomic E-state index is 14.1. The van der Waals surface area contributed by atoms with Crippen LogP contribution in [0.4, 0.5) is 0 Å². The first kappa shape index (κ1) is 38.0. The molecule has 2 amide bonds. The Bertz CT molecular complexity index is 1680. The van der Waals surface area contributed by atoms with Crippen molar-refractivity contribution in [2.75, 3.05) is 20.3 Å². The molecule has 0 N–H and O–H groups in total. The number of imide groups is 1. The molecule has 284 valence electrons. The third-order valence-corrected chi connectivity index (χ3v) is 8.97. The van der Waals surface area contributed by atoms with Gasteiger partial charge in [0, 0.05) is 40.4 Å². The summed E-state index contributed by atoms with van der Waals surface area (Å²) in [6, 6.07) is 13.4. The summed E-state index contributed by atoms with van der Waals surface area (Å²) in [5.74, 6) is -4.73. The van der Waals surface area contributed by atoms with E-state index in [1.807, 2.05) is 6.07 Å². The molecule has 0 aliphatic carbocycles. The van der Waals surface area contributed by atoms with Crippen molar-refractivity contribution in [1.82, 2.24) is 4.90 Å². The number of hydrogen-bond acceptors (Lipinski definition) is 16. The van der Waals surface area contributed by atoms with Crippen LogP contribution in [0.3, 0.4) is 0 Å². The van der Waals surface area contributed by atoms with Gasteiger partial charge in [0.25, 0.3) is 11.8 Å². The van der Waals surface area contributed by atoms with Gasteiger partial charge in [0.1, 0.15) is 37.1 Å². The van der Waals surface area contributed by atoms with Gasteiger partial charge in [-0.15, -0.1) is 0 Å². The lowest BCUT2D eigenvalue weighted by molar-refractivity contribution is -0.386. The summed E-state index contributed by atoms with van der Waals surface area (Å²) in [6.45, 7) is 3.93. The first-order valence-electron chi connectivity index (χ1n) is 16.8. The van der Waals surface area contributed by atoms with Crippen molar-refractivity contribution >= 4 is 35.7 Å². The molecule has 4 aliphatic heterocycles. The Morgan fingerprint density at radius 3 is 1.87 bits per heavy atom. The minimum Gasteiger partial charge on any atom is -0.463 e. The van der Waals surface area contributed by atoms with Crippen LogP contribution < -0.4 is 0 Å². The lowest BCUT2D eigenvalue weighted by Crippen LogP contribution is -2.70. The molecule has 3 saturated heterocycles. The van der Waals surface area contributed by atoms with E-state index in [0.717, 1.165) is 25.7 Å². The minimum atomic E-state index is -1.74. The predicted molar refractivity (Wildman–Crippen MR) is 173 cm³/mol. The molecular weight excluding hydrogens is 702 g/mol. The molecule has 2 aromatic rings. The van der Waals surface area contributed by atoms with E-state index in [1.165, 1.54) is 26.2 Å². The number of ether oxygens (including phenoxy) is 10. The minimum absolute atomic E-state index is 0.0240. The molecule has 1 unspecified atom stereocenters. The molecule has 2 aromatic carbocycles. The van der Waals surface area contributed by atoms with E-state index in [1.54, 1.807) is 36.4 Å². The van der Waals surface area contributed by atoms with Crippen LogP contribution in [0.5, 0.6) is 0 Å². The maximum absolute atomic E-state index is 14.1. The summed E-state index contributed by atoms with van der Waals surface area (Å²) in [7, 11) is 1.32. The van der Waals surface area contributed by atoms with Crippen molar-refractivity contribution in [2.24, 2.45) is 0 Å². The topological polar surface area (TPSA) is 198 Å². The van der Waals surface area contributed by atoms with Crippen molar-refractivity contribution in [3.05, 3.63) is 71.3 Å². The second-order valence-corrected chi connectivity index (χ2v) is 12.6. The van der Waals surface area contributed by atoms with Crippen molar-refractivity contribution in [3.63, 3.8) is 0 Å². The van der Waals surface area contributed by atoms with Gasteiger partial charge < -0.3 is 47.4 Å². The van der Waals surface area contributed by atoms with E-state index >= 15 is 0 Å². The van der Waals surface area contributed by atoms with E-state index in [0.29, 0.717) is 5.56 Å². The molecule has 4 heterocycles. The number of amides is 2. The predicted octanol–water partition coefficient (Wildman–Crippen LogP) is 1.61. The standard InChI is InChI=1S/C36H39NO16/c1-17(38)45-15-24-27(47-18(2)39)29(48-19(3)40)26(37-32(42)22-13-9-10-14-23(22)33(37)43)35(50-24)53-30-28-25(51-36(44-5)31(30)49-20(4)41)16-46-34(52-28)21-11-7-6-8-12-21/h6-14,24-31,34-36H,15-16H2,1-5H3/t24-,25-,26-,27-,28-,29-,30+,31-,34?,35+,36-/m1/s1. The highest BCUT2D eigenvalue weighted by Crippen LogP contribution is 2.41. The van der Waals surface area contributed by atoms with Crippen LogP contribution in [-0.2, 0) is 66.5 Å². The molecule has 0 bridgehead atoms. The van der Waals surface area contributed by atoms with Crippen LogP contribution in [0.2, 0.25) is 0 Å². The smallest absolute Gasteiger partial charge is 0.303 e. The van der Waals surface area contributed by atoms with Gasteiger partial charge in [-0.25, -0.2) is 0 Å². The summed E-state index contributed by atoms with van der Waals surface area (Å²) in [5, 5.41) is 0. The summed E-state index contributed by atoms with van der Waals surface area (Å²) >= 11 is 0. The van der Waals surface area contributed by atoms with Crippen LogP contribution in [-0.4, -0.2) is 122 Å². The van der Waals surface area contributed by atoms with E-state index in [4.69, 9.17) is 47.4 Å². The van der Waals surface area contributed by atoms with Crippen LogP contribution >= 0.6 is 0 Å². The number of carbonyl (C=O) groups excluding carboxylic acids is 6. The molecular formula is C36H39NO16. The number of esters is 4. The molecule has 0 spiro atoms. The van der Waals surface area contributed by atoms with Crippen molar-refractivity contribution < 1.29 is 76.1 Å². The monoisotopic (exact) mass is 741 g/mol. The number of fused-ring (bicyclic) bond motifs is 2. The average Bonchev–Trinajstić information content (AvgIpc) is 3.37. The largest absolute Gasteiger partial charge is 0.463 e. The first-order chi connectivity index (χ1) is 25.4. The van der Waals surface area contributed by atoms with Crippen LogP contribution in [0.1, 0.15) is 60.3 Å². The normalized spacial score (nSPS) is 32.2. The van der Waals surface area contributed by atoms with Crippen molar-refractivity contribution in [1.29, 1.82) is 0 Å². The zero-order chi connectivity index (χ0) is 38.0. The highest BCUT2D eigenvalue weighted by molar-refractivity contribution is 6.21. The molecule has 6 rings (SSSR count). The molecule has 0 aromatic heterocycles. The Morgan fingerprint density at radius 2 is 1.28 bits per heavy atom. The Hall–Kier alpha value is -4.78. The van der Waals surface area contributed by atoms with Gasteiger partial charge in [0.05, 0.1) is 17.7 Å². The highest BCUT2D eigenvalue weighted by Gasteiger charge is 2.60. The van der Waals surface area contributed by atoms with Gasteiger partial charge >= 0.3 is 23.9 Å². The Labute approximate surface area is 303 Å². The number of carbonyl (C=O) groups is 6. The number of hydrogen-bond donors (Lipinski definition) is 0. The van der Waals surface area contributed by atoms with Crippen molar-refractivity contribution in [3.8, 4) is 0 Å². The fourth-order valence-corrected chi connectivity index (χ4v) is 6.89. The van der Waals surface area contributed by atoms with Gasteiger partial charge in [-0.2, -0.15) is 0 Å². The number of benzene rings is 2. The van der Waals surface area contributed by atoms with Crippen LogP contribution in [0, 0.1) is 0 Å². The van der Waals surface area contributed by atoms with E-state index in [-0.39, 0.29) is 17.7 Å². The number of methoxy groups -OCH3 is 1. The third kappa shape index (κ3) is 7.95. The van der Waals surface area contributed by atoms with Gasteiger partial charge in [0.15, 0.2) is 37.2 Å². The molecule has 0 radical (unpaired) electrons. The van der Waals surface area contributed by atoms with Gasteiger partial charge in [-0.1, -0.05) is 42.5 Å². The molecule has 53 heavy (non-hydrogen) atoms. The zero-order valence-corrected chi connectivity index (χ0v) is 29.4. The zero-order valence-electron chi connectivity index (χ0n) is 29.4. The van der Waals surface area contributed by atoms with E-state index in [2.05, 4.69) is 0 Å². The number of rotatable bonds is 10. The first-order valence-corrected chi connectivity index (χ1v) is 16.8. The van der Waals surface area contributed by atoms with Crippen LogP contribution in [0.25, 0.3) is 0 Å². The maximum Gasteiger partial charge on any atom is 0.303 e. The lowest BCUT2D eigenvalue weighted by Gasteiger charge is -2.51. The highest BCUT2D eigenvalue weighted by atomic mass is 16.8. The molecule has 17 heteroatoms. The summed E-state index contributed by atoms with van der Waals surface area (Å²) in [4.78, 5) is 78.6. The SMILES string of the molecule is CO[C@@H]1O[C@@H]2COC(c3ccccc3)O[C@H]2[C@H](O[C@@H]2O[C@H](COC(C)=O)[C@@H](OC(C)=O)[C@H](OC(C)=O)[C@H]2N2C(=O)c3ccccc3C2=O)[C@H]1OC(C)=O. The van der Waals surface area contributed by atoms with Gasteiger partial charge in [-0.05, 0) is 12.1 Å². The molecule has 4 aliphatic rings. The second kappa shape index (κ2) is 16.1. The summed E-state index contributed by atoms with van der Waals surface area (Å²) < 4.78 is 59.4. The Morgan fingerprint density at radius 1 is 0.698 bits per heavy atom. The van der Waals surface area contributed by atoms with Crippen molar-refractivity contribution in [2.45, 2.75) is 95.3 Å². The lowest BCUT2D eigenvalue weighted by atomic mass is 9.93. The van der Waals surface area contributed by atoms with Crippen LogP contribution in [0.15, 0.2) is 54.6 Å². The summed E-state index contributed by atoms with van der Waals surface area (Å²) in [6.07, 6.45) is -13.1. The fraction of sp³-hybridized carbons (Fsp3) is 0.500. The molecule has 0 saturated carbocycles. The van der Waals surface area contributed by atoms with E-state index < -0.39 is 110 Å². The Kier molecular flexibility index (Phi) is 11.5. The fourth-order valence-electron chi connectivity index (χ4n) is 6.89. The Balaban J connectivity index is 1.47. The third-order valence-electron chi connectivity index (χ3n) is 8.97. The number of nitrogens with zero attached hydrogens (tertiary/aromatic N) is 1. The second-order valence-electron chi connectivity index (χ2n) is 12.6. The molecule has 3 fully saturated rings. The van der Waals surface area contributed by atoms with Gasteiger partial charge in [0.2, 0.25) is 0 Å². The molecule has 17 nitrogen and oxygen atoms in total. The molecule has 11 atom stereocenters. The van der Waals surface area contributed by atoms with Gasteiger partial charge in [-0.3, -0.25) is 33.7 Å². The quantitative estimate of drug-likeness (QED) is 0.193.